The second-order valence-corrected chi connectivity index (χ2v) is 7.22. The Morgan fingerprint density at radius 3 is 2.74 bits per heavy atom. The molecule has 0 aromatic rings. The molecule has 0 spiro atoms. The lowest BCUT2D eigenvalue weighted by Crippen LogP contribution is -2.38. The third kappa shape index (κ3) is 10.8. The first-order chi connectivity index (χ1) is 11.3. The molecule has 1 fully saturated rings. The monoisotopic (exact) mass is 343 g/mol. The molecule has 136 valence electrons. The summed E-state index contributed by atoms with van der Waals surface area (Å²) in [6, 6.07) is 0. The molecule has 0 saturated carbocycles. The summed E-state index contributed by atoms with van der Waals surface area (Å²) in [5.74, 6) is 2.23. The van der Waals surface area contributed by atoms with Crippen molar-refractivity contribution in [1.29, 1.82) is 0 Å². The van der Waals surface area contributed by atoms with Crippen LogP contribution in [0.4, 0.5) is 0 Å². The molecule has 1 heterocycles. The van der Waals surface area contributed by atoms with Crippen LogP contribution in [0, 0.1) is 0 Å². The van der Waals surface area contributed by atoms with Gasteiger partial charge in [-0.25, -0.2) is 0 Å². The van der Waals surface area contributed by atoms with Crippen LogP contribution in [0.3, 0.4) is 0 Å². The molecule has 0 bridgehead atoms. The van der Waals surface area contributed by atoms with Gasteiger partial charge in [0.15, 0.2) is 5.96 Å². The Balaban J connectivity index is 2.17. The Morgan fingerprint density at radius 1 is 1.09 bits per heavy atom. The summed E-state index contributed by atoms with van der Waals surface area (Å²) in [4.78, 5) is 9.72. The first kappa shape index (κ1) is 20.6. The van der Waals surface area contributed by atoms with E-state index in [9.17, 15) is 0 Å². The molecule has 0 atom stereocenters. The lowest BCUT2D eigenvalue weighted by molar-refractivity contribution is 0.275. The minimum absolute atomic E-state index is 0.909. The van der Waals surface area contributed by atoms with Crippen molar-refractivity contribution >= 4 is 17.7 Å². The van der Waals surface area contributed by atoms with E-state index in [0.29, 0.717) is 0 Å². The van der Waals surface area contributed by atoms with E-state index in [1.54, 1.807) is 0 Å². The zero-order chi connectivity index (χ0) is 16.8. The van der Waals surface area contributed by atoms with Gasteiger partial charge in [-0.1, -0.05) is 0 Å². The van der Waals surface area contributed by atoms with Crippen molar-refractivity contribution in [3.63, 3.8) is 0 Å². The number of nitrogens with one attached hydrogen (secondary N) is 2. The van der Waals surface area contributed by atoms with E-state index in [-0.39, 0.29) is 0 Å². The lowest BCUT2D eigenvalue weighted by Gasteiger charge is -2.19. The maximum Gasteiger partial charge on any atom is 0.191 e. The van der Waals surface area contributed by atoms with Gasteiger partial charge in [0.1, 0.15) is 0 Å². The molecule has 23 heavy (non-hydrogen) atoms. The molecule has 0 amide bonds. The average molecular weight is 344 g/mol. The molecule has 1 saturated heterocycles. The number of aliphatic imine (C=N–C) groups is 1. The predicted octanol–water partition coefficient (Wildman–Crippen LogP) is 1.71. The zero-order valence-corrected chi connectivity index (χ0v) is 16.3. The molecule has 1 aliphatic rings. The van der Waals surface area contributed by atoms with Gasteiger partial charge in [-0.3, -0.25) is 4.99 Å². The van der Waals surface area contributed by atoms with Crippen LogP contribution in [-0.2, 0) is 0 Å². The van der Waals surface area contributed by atoms with Gasteiger partial charge in [-0.2, -0.15) is 11.8 Å². The van der Waals surface area contributed by atoms with E-state index in [2.05, 4.69) is 40.7 Å². The van der Waals surface area contributed by atoms with Crippen LogP contribution in [0.25, 0.3) is 0 Å². The second kappa shape index (κ2) is 13.9. The Bertz CT molecular complexity index is 311. The number of unbranched alkanes of at least 4 members (excludes halogenated alkanes) is 1. The van der Waals surface area contributed by atoms with Gasteiger partial charge in [-0.15, -0.1) is 0 Å². The summed E-state index contributed by atoms with van der Waals surface area (Å²) in [5.41, 5.74) is 0. The number of hydrogen-bond acceptors (Lipinski definition) is 4. The molecule has 0 radical (unpaired) electrons. The quantitative estimate of drug-likeness (QED) is 0.359. The molecule has 0 aromatic carbocycles. The summed E-state index contributed by atoms with van der Waals surface area (Å²) in [6.45, 7) is 11.0. The highest BCUT2D eigenvalue weighted by Crippen LogP contribution is 2.02. The van der Waals surface area contributed by atoms with Crippen LogP contribution < -0.4 is 10.6 Å². The minimum atomic E-state index is 0.909. The number of rotatable bonds is 10. The number of hydrogen-bond donors (Lipinski definition) is 2. The number of thioether (sulfide) groups is 1. The fourth-order valence-electron chi connectivity index (χ4n) is 2.73. The SMILES string of the molecule is CCNC(=NCCCN1CCCN(C)CC1)NCCCCSC. The predicted molar refractivity (Wildman–Crippen MR) is 105 cm³/mol. The van der Waals surface area contributed by atoms with E-state index in [4.69, 9.17) is 4.99 Å². The molecule has 0 aromatic heterocycles. The normalized spacial score (nSPS) is 18.0. The topological polar surface area (TPSA) is 42.9 Å². The maximum absolute atomic E-state index is 4.71. The van der Waals surface area contributed by atoms with Gasteiger partial charge in [-0.05, 0) is 71.3 Å². The average Bonchev–Trinajstić information content (AvgIpc) is 2.75. The molecule has 0 aliphatic carbocycles. The molecular formula is C17H37N5S. The fraction of sp³-hybridized carbons (Fsp3) is 0.941. The van der Waals surface area contributed by atoms with E-state index in [1.807, 2.05) is 11.8 Å². The van der Waals surface area contributed by atoms with Gasteiger partial charge in [0, 0.05) is 32.7 Å². The molecule has 0 unspecified atom stereocenters. The molecule has 5 nitrogen and oxygen atoms in total. The van der Waals surface area contributed by atoms with Crippen LogP contribution in [0.15, 0.2) is 4.99 Å². The van der Waals surface area contributed by atoms with E-state index in [1.165, 1.54) is 57.7 Å². The van der Waals surface area contributed by atoms with Crippen molar-refractivity contribution in [2.24, 2.45) is 4.99 Å². The van der Waals surface area contributed by atoms with Crippen LogP contribution in [-0.4, -0.2) is 87.2 Å². The summed E-state index contributed by atoms with van der Waals surface area (Å²) in [5, 5.41) is 6.78. The first-order valence-electron chi connectivity index (χ1n) is 9.18. The van der Waals surface area contributed by atoms with Crippen LogP contribution in [0.1, 0.15) is 32.6 Å². The standard InChI is InChI=1S/C17H37N5S/c1-4-18-17(19-9-5-6-16-23-3)20-10-7-12-22-13-8-11-21(2)14-15-22/h4-16H2,1-3H3,(H2,18,19,20). The second-order valence-electron chi connectivity index (χ2n) is 6.24. The van der Waals surface area contributed by atoms with Crippen molar-refractivity contribution in [2.75, 3.05) is 71.4 Å². The van der Waals surface area contributed by atoms with Crippen molar-refractivity contribution in [3.05, 3.63) is 0 Å². The van der Waals surface area contributed by atoms with Crippen molar-refractivity contribution in [1.82, 2.24) is 20.4 Å². The van der Waals surface area contributed by atoms with E-state index in [0.717, 1.165) is 32.0 Å². The highest BCUT2D eigenvalue weighted by atomic mass is 32.2. The molecule has 1 rings (SSSR count). The smallest absolute Gasteiger partial charge is 0.191 e. The molecule has 6 heteroatoms. The van der Waals surface area contributed by atoms with Crippen molar-refractivity contribution in [3.8, 4) is 0 Å². The minimum Gasteiger partial charge on any atom is -0.357 e. The molecule has 2 N–H and O–H groups in total. The highest BCUT2D eigenvalue weighted by Gasteiger charge is 2.11. The Hall–Kier alpha value is -0.460. The Labute approximate surface area is 147 Å². The van der Waals surface area contributed by atoms with Gasteiger partial charge >= 0.3 is 0 Å². The summed E-state index contributed by atoms with van der Waals surface area (Å²) in [6.07, 6.45) is 7.09. The van der Waals surface area contributed by atoms with Crippen LogP contribution in [0.5, 0.6) is 0 Å². The van der Waals surface area contributed by atoms with Gasteiger partial charge in [0.25, 0.3) is 0 Å². The first-order valence-corrected chi connectivity index (χ1v) is 10.6. The number of nitrogens with zero attached hydrogens (tertiary/aromatic N) is 3. The van der Waals surface area contributed by atoms with E-state index < -0.39 is 0 Å². The summed E-state index contributed by atoms with van der Waals surface area (Å²) in [7, 11) is 2.22. The third-order valence-corrected chi connectivity index (χ3v) is 4.82. The number of guanidine groups is 1. The fourth-order valence-corrected chi connectivity index (χ4v) is 3.22. The van der Waals surface area contributed by atoms with Crippen LogP contribution >= 0.6 is 11.8 Å². The third-order valence-electron chi connectivity index (χ3n) is 4.13. The van der Waals surface area contributed by atoms with E-state index >= 15 is 0 Å². The largest absolute Gasteiger partial charge is 0.357 e. The Morgan fingerprint density at radius 2 is 1.96 bits per heavy atom. The maximum atomic E-state index is 4.71. The molecular weight excluding hydrogens is 306 g/mol. The van der Waals surface area contributed by atoms with Crippen LogP contribution in [0.2, 0.25) is 0 Å². The van der Waals surface area contributed by atoms with Crippen molar-refractivity contribution < 1.29 is 0 Å². The van der Waals surface area contributed by atoms with Gasteiger partial charge in [0.05, 0.1) is 0 Å². The van der Waals surface area contributed by atoms with Crippen molar-refractivity contribution in [2.45, 2.75) is 32.6 Å². The summed E-state index contributed by atoms with van der Waals surface area (Å²) < 4.78 is 0. The number of likely N-dealkylation sites (N-methyl/N-ethyl adjacent to an activating group) is 1. The molecule has 1 aliphatic heterocycles. The zero-order valence-electron chi connectivity index (χ0n) is 15.4. The highest BCUT2D eigenvalue weighted by molar-refractivity contribution is 7.98. The van der Waals surface area contributed by atoms with Gasteiger partial charge in [0.2, 0.25) is 0 Å². The lowest BCUT2D eigenvalue weighted by atomic mass is 10.3. The van der Waals surface area contributed by atoms with Gasteiger partial charge < -0.3 is 20.4 Å². The summed E-state index contributed by atoms with van der Waals surface area (Å²) >= 11 is 1.92. The Kier molecular flexibility index (Phi) is 12.5.